The fourth-order valence-electron chi connectivity index (χ4n) is 0.756. The summed E-state index contributed by atoms with van der Waals surface area (Å²) in [6.45, 7) is 0. The zero-order chi connectivity index (χ0) is 5.40. The van der Waals surface area contributed by atoms with Crippen molar-refractivity contribution in [1.82, 2.24) is 5.16 Å². The number of nitrogens with zero attached hydrogens (tertiary/aromatic N) is 1. The van der Waals surface area contributed by atoms with Gasteiger partial charge in [-0.2, -0.15) is 0 Å². The zero-order valence-corrected chi connectivity index (χ0v) is 4.42. The standard InChI is InChI=1S/C6H6NO/c1-2-5(1)6-3-4-7-8-6/h3,5H,1-2H2. The summed E-state index contributed by atoms with van der Waals surface area (Å²) in [5.74, 6) is 1.68. The average molecular weight is 108 g/mol. The van der Waals surface area contributed by atoms with E-state index in [9.17, 15) is 0 Å². The van der Waals surface area contributed by atoms with Crippen molar-refractivity contribution < 1.29 is 4.52 Å². The molecule has 2 nitrogen and oxygen atoms in total. The Hall–Kier alpha value is -0.790. The summed E-state index contributed by atoms with van der Waals surface area (Å²) in [4.78, 5) is 0. The van der Waals surface area contributed by atoms with Crippen molar-refractivity contribution in [1.29, 1.82) is 0 Å². The molecule has 0 N–H and O–H groups in total. The Labute approximate surface area is 47.5 Å². The Morgan fingerprint density at radius 3 is 3.12 bits per heavy atom. The van der Waals surface area contributed by atoms with E-state index in [4.69, 9.17) is 4.52 Å². The van der Waals surface area contributed by atoms with Gasteiger partial charge in [0.1, 0.15) is 12.0 Å². The molecule has 1 fully saturated rings. The monoisotopic (exact) mass is 108 g/mol. The lowest BCUT2D eigenvalue weighted by Crippen LogP contribution is -1.67. The molecule has 0 aliphatic heterocycles. The maximum Gasteiger partial charge on any atom is 0.140 e. The summed E-state index contributed by atoms with van der Waals surface area (Å²) < 4.78 is 4.85. The lowest BCUT2D eigenvalue weighted by Gasteiger charge is -1.79. The van der Waals surface area contributed by atoms with Gasteiger partial charge in [-0.3, -0.25) is 0 Å². The predicted octanol–water partition coefficient (Wildman–Crippen LogP) is 1.35. The Kier molecular flexibility index (Phi) is 0.692. The fraction of sp³-hybridized carbons (Fsp3) is 0.500. The van der Waals surface area contributed by atoms with E-state index in [0.717, 1.165) is 5.76 Å². The molecule has 1 aliphatic rings. The van der Waals surface area contributed by atoms with E-state index < -0.39 is 0 Å². The van der Waals surface area contributed by atoms with Gasteiger partial charge in [0.25, 0.3) is 0 Å². The van der Waals surface area contributed by atoms with Crippen LogP contribution in [0.3, 0.4) is 0 Å². The van der Waals surface area contributed by atoms with Gasteiger partial charge in [0.05, 0.1) is 0 Å². The van der Waals surface area contributed by atoms with Crippen molar-refractivity contribution in [3.63, 3.8) is 0 Å². The van der Waals surface area contributed by atoms with E-state index in [1.165, 1.54) is 12.8 Å². The van der Waals surface area contributed by atoms with Crippen molar-refractivity contribution in [3.05, 3.63) is 18.0 Å². The summed E-state index contributed by atoms with van der Waals surface area (Å²) in [6, 6.07) is 1.82. The Bertz CT molecular complexity index is 165. The van der Waals surface area contributed by atoms with Crippen molar-refractivity contribution in [3.8, 4) is 0 Å². The third-order valence-electron chi connectivity index (χ3n) is 1.39. The number of hydrogen-bond donors (Lipinski definition) is 0. The van der Waals surface area contributed by atoms with Crippen LogP contribution in [-0.4, -0.2) is 5.16 Å². The molecule has 0 bridgehead atoms. The van der Waals surface area contributed by atoms with E-state index in [2.05, 4.69) is 11.4 Å². The highest BCUT2D eigenvalue weighted by atomic mass is 16.5. The first-order valence-electron chi connectivity index (χ1n) is 2.79. The highest BCUT2D eigenvalue weighted by Gasteiger charge is 2.26. The first-order chi connectivity index (χ1) is 3.97. The molecular weight excluding hydrogens is 102 g/mol. The van der Waals surface area contributed by atoms with Crippen LogP contribution in [0.2, 0.25) is 0 Å². The van der Waals surface area contributed by atoms with Gasteiger partial charge in [0, 0.05) is 12.0 Å². The second-order valence-electron chi connectivity index (χ2n) is 2.13. The molecule has 0 atom stereocenters. The van der Waals surface area contributed by atoms with Crippen LogP contribution in [0.15, 0.2) is 10.6 Å². The first kappa shape index (κ1) is 4.13. The fourth-order valence-corrected chi connectivity index (χ4v) is 0.756. The van der Waals surface area contributed by atoms with Gasteiger partial charge in [-0.1, -0.05) is 5.16 Å². The summed E-state index contributed by atoms with van der Waals surface area (Å²) in [5, 5.41) is 3.48. The lowest BCUT2D eigenvalue weighted by atomic mass is 10.3. The molecule has 1 saturated carbocycles. The van der Waals surface area contributed by atoms with Gasteiger partial charge in [0.2, 0.25) is 0 Å². The molecule has 1 radical (unpaired) electrons. The second kappa shape index (κ2) is 1.34. The quantitative estimate of drug-likeness (QED) is 0.542. The maximum absolute atomic E-state index is 4.85. The molecule has 1 heterocycles. The molecule has 0 unspecified atom stereocenters. The summed E-state index contributed by atoms with van der Waals surface area (Å²) in [5.41, 5.74) is 0. The van der Waals surface area contributed by atoms with E-state index >= 15 is 0 Å². The first-order valence-corrected chi connectivity index (χ1v) is 2.79. The van der Waals surface area contributed by atoms with Crippen molar-refractivity contribution in [2.75, 3.05) is 0 Å². The van der Waals surface area contributed by atoms with Crippen molar-refractivity contribution in [2.24, 2.45) is 0 Å². The van der Waals surface area contributed by atoms with Gasteiger partial charge < -0.3 is 4.52 Å². The summed E-state index contributed by atoms with van der Waals surface area (Å²) in [7, 11) is 0. The van der Waals surface area contributed by atoms with E-state index in [0.29, 0.717) is 5.92 Å². The molecule has 0 aromatic carbocycles. The van der Waals surface area contributed by atoms with Gasteiger partial charge in [-0.15, -0.1) is 0 Å². The minimum atomic E-state index is 0.675. The van der Waals surface area contributed by atoms with Crippen LogP contribution < -0.4 is 0 Å². The molecular formula is C6H6NO. The maximum atomic E-state index is 4.85. The van der Waals surface area contributed by atoms with Crippen LogP contribution in [0.5, 0.6) is 0 Å². The topological polar surface area (TPSA) is 26.0 Å². The second-order valence-corrected chi connectivity index (χ2v) is 2.13. The minimum absolute atomic E-state index is 0.675. The molecule has 2 rings (SSSR count). The lowest BCUT2D eigenvalue weighted by molar-refractivity contribution is 0.383. The van der Waals surface area contributed by atoms with Crippen LogP contribution in [-0.2, 0) is 0 Å². The van der Waals surface area contributed by atoms with Crippen molar-refractivity contribution in [2.45, 2.75) is 18.8 Å². The minimum Gasteiger partial charge on any atom is -0.360 e. The molecule has 1 aromatic rings. The summed E-state index contributed by atoms with van der Waals surface area (Å²) >= 11 is 0. The third-order valence-corrected chi connectivity index (χ3v) is 1.39. The van der Waals surface area contributed by atoms with Crippen LogP contribution in [0.1, 0.15) is 24.5 Å². The van der Waals surface area contributed by atoms with E-state index in [-0.39, 0.29) is 0 Å². The number of rotatable bonds is 1. The highest BCUT2D eigenvalue weighted by molar-refractivity contribution is 5.07. The molecule has 1 aromatic heterocycles. The normalized spacial score (nSPS) is 19.0. The summed E-state index contributed by atoms with van der Waals surface area (Å²) in [6.07, 6.45) is 5.17. The molecule has 2 heteroatoms. The van der Waals surface area contributed by atoms with Crippen molar-refractivity contribution >= 4 is 0 Å². The third kappa shape index (κ3) is 0.529. The van der Waals surface area contributed by atoms with Gasteiger partial charge in [-0.25, -0.2) is 0 Å². The molecule has 1 aliphatic carbocycles. The Morgan fingerprint density at radius 1 is 1.75 bits per heavy atom. The van der Waals surface area contributed by atoms with Gasteiger partial charge in [-0.05, 0) is 12.8 Å². The molecule has 0 saturated heterocycles. The molecule has 41 valence electrons. The van der Waals surface area contributed by atoms with Crippen LogP contribution in [0, 0.1) is 6.20 Å². The molecule has 0 spiro atoms. The molecule has 0 amide bonds. The number of aromatic nitrogens is 1. The highest BCUT2D eigenvalue weighted by Crippen LogP contribution is 2.39. The van der Waals surface area contributed by atoms with Gasteiger partial charge in [0.15, 0.2) is 0 Å². The zero-order valence-electron chi connectivity index (χ0n) is 4.42. The van der Waals surface area contributed by atoms with E-state index in [1.54, 1.807) is 0 Å². The number of hydrogen-bond acceptors (Lipinski definition) is 2. The van der Waals surface area contributed by atoms with Gasteiger partial charge >= 0.3 is 0 Å². The smallest absolute Gasteiger partial charge is 0.140 e. The van der Waals surface area contributed by atoms with Crippen LogP contribution in [0.4, 0.5) is 0 Å². The van der Waals surface area contributed by atoms with E-state index in [1.807, 2.05) is 6.07 Å². The average Bonchev–Trinajstić information content (AvgIpc) is 2.49. The Balaban J connectivity index is 2.28. The van der Waals surface area contributed by atoms with Crippen LogP contribution in [0.25, 0.3) is 0 Å². The van der Waals surface area contributed by atoms with Crippen LogP contribution >= 0.6 is 0 Å². The predicted molar refractivity (Wildman–Crippen MR) is 27.3 cm³/mol. The Morgan fingerprint density at radius 2 is 2.62 bits per heavy atom. The molecule has 8 heavy (non-hydrogen) atoms. The SMILES string of the molecule is [c]1cc(C2CC2)on1. The largest absolute Gasteiger partial charge is 0.360 e.